The van der Waals surface area contributed by atoms with Gasteiger partial charge >= 0.3 is 0 Å². The number of nitrogens with two attached hydrogens (primary N) is 1. The molecule has 2 aliphatic rings. The van der Waals surface area contributed by atoms with Crippen LogP contribution in [0.3, 0.4) is 0 Å². The maximum Gasteiger partial charge on any atom is 0.163 e. The maximum absolute atomic E-state index is 6.04. The van der Waals surface area contributed by atoms with Crippen molar-refractivity contribution < 1.29 is 14.2 Å². The Labute approximate surface area is 113 Å². The van der Waals surface area contributed by atoms with Crippen LogP contribution >= 0.6 is 0 Å². The first-order chi connectivity index (χ1) is 9.33. The summed E-state index contributed by atoms with van der Waals surface area (Å²) in [5.74, 6) is 2.16. The summed E-state index contributed by atoms with van der Waals surface area (Å²) in [7, 11) is 0. The van der Waals surface area contributed by atoms with Crippen molar-refractivity contribution >= 4 is 11.4 Å². The van der Waals surface area contributed by atoms with E-state index >= 15 is 0 Å². The molecule has 0 aliphatic carbocycles. The molecule has 0 amide bonds. The largest absolute Gasteiger partial charge is 0.486 e. The van der Waals surface area contributed by atoms with Crippen LogP contribution in [0.15, 0.2) is 12.1 Å². The summed E-state index contributed by atoms with van der Waals surface area (Å²) in [5.41, 5.74) is 7.67. The fourth-order valence-electron chi connectivity index (χ4n) is 2.46. The van der Waals surface area contributed by atoms with Crippen molar-refractivity contribution in [1.29, 1.82) is 0 Å². The molecule has 1 saturated heterocycles. The zero-order valence-electron chi connectivity index (χ0n) is 11.0. The van der Waals surface area contributed by atoms with Crippen molar-refractivity contribution in [1.82, 2.24) is 0 Å². The normalized spacial score (nSPS) is 19.2. The second-order valence-corrected chi connectivity index (χ2v) is 5.02. The molecule has 0 unspecified atom stereocenters. The number of benzene rings is 1. The van der Waals surface area contributed by atoms with E-state index in [1.54, 1.807) is 0 Å². The highest BCUT2D eigenvalue weighted by atomic mass is 16.6. The smallest absolute Gasteiger partial charge is 0.163 e. The zero-order chi connectivity index (χ0) is 13.1. The Balaban J connectivity index is 1.66. The first kappa shape index (κ1) is 12.4. The molecule has 1 aromatic carbocycles. The number of nitrogens with one attached hydrogen (secondary N) is 1. The molecule has 0 spiro atoms. The van der Waals surface area contributed by atoms with Gasteiger partial charge in [-0.2, -0.15) is 0 Å². The van der Waals surface area contributed by atoms with Crippen LogP contribution in [0.25, 0.3) is 0 Å². The molecule has 1 aromatic rings. The van der Waals surface area contributed by atoms with Crippen molar-refractivity contribution in [3.8, 4) is 11.5 Å². The number of fused-ring (bicyclic) bond motifs is 1. The van der Waals surface area contributed by atoms with Gasteiger partial charge in [0.05, 0.1) is 11.4 Å². The predicted molar refractivity (Wildman–Crippen MR) is 73.9 cm³/mol. The molecule has 2 aliphatic heterocycles. The fourth-order valence-corrected chi connectivity index (χ4v) is 2.46. The Kier molecular flexibility index (Phi) is 3.64. The quantitative estimate of drug-likeness (QED) is 0.816. The van der Waals surface area contributed by atoms with Gasteiger partial charge in [0, 0.05) is 31.9 Å². The third-order valence-electron chi connectivity index (χ3n) is 3.64. The van der Waals surface area contributed by atoms with Gasteiger partial charge in [0.15, 0.2) is 11.5 Å². The highest BCUT2D eigenvalue weighted by Gasteiger charge is 2.17. The molecule has 1 fully saturated rings. The van der Waals surface area contributed by atoms with Crippen LogP contribution in [0, 0.1) is 5.92 Å². The summed E-state index contributed by atoms with van der Waals surface area (Å²) in [6.45, 7) is 3.83. The van der Waals surface area contributed by atoms with E-state index in [0.717, 1.165) is 49.8 Å². The van der Waals surface area contributed by atoms with Gasteiger partial charge in [-0.05, 0) is 18.8 Å². The van der Waals surface area contributed by atoms with Crippen LogP contribution in [0.1, 0.15) is 12.8 Å². The minimum absolute atomic E-state index is 0.585. The number of rotatable bonds is 3. The van der Waals surface area contributed by atoms with Crippen molar-refractivity contribution in [2.24, 2.45) is 5.92 Å². The molecule has 5 heteroatoms. The Morgan fingerprint density at radius 2 is 1.74 bits per heavy atom. The second kappa shape index (κ2) is 5.57. The molecule has 0 radical (unpaired) electrons. The summed E-state index contributed by atoms with van der Waals surface area (Å²) >= 11 is 0. The van der Waals surface area contributed by atoms with E-state index in [-0.39, 0.29) is 0 Å². The van der Waals surface area contributed by atoms with Crippen LogP contribution in [0.4, 0.5) is 11.4 Å². The molecule has 19 heavy (non-hydrogen) atoms. The lowest BCUT2D eigenvalue weighted by molar-refractivity contribution is 0.0699. The molecule has 2 heterocycles. The molecule has 5 nitrogen and oxygen atoms in total. The van der Waals surface area contributed by atoms with Gasteiger partial charge in [0.1, 0.15) is 13.2 Å². The SMILES string of the molecule is Nc1cc2c(cc1NCC1CCOCC1)OCCO2. The Hall–Kier alpha value is -1.62. The Morgan fingerprint density at radius 1 is 1.05 bits per heavy atom. The van der Waals surface area contributed by atoms with Crippen LogP contribution in [0.2, 0.25) is 0 Å². The third kappa shape index (κ3) is 2.87. The number of anilines is 2. The van der Waals surface area contributed by atoms with Crippen molar-refractivity contribution in [2.75, 3.05) is 44.0 Å². The van der Waals surface area contributed by atoms with Gasteiger partial charge in [-0.1, -0.05) is 0 Å². The molecule has 3 rings (SSSR count). The highest BCUT2D eigenvalue weighted by Crippen LogP contribution is 2.37. The van der Waals surface area contributed by atoms with Crippen LogP contribution in [-0.2, 0) is 4.74 Å². The van der Waals surface area contributed by atoms with Crippen LogP contribution in [-0.4, -0.2) is 33.0 Å². The van der Waals surface area contributed by atoms with E-state index in [0.29, 0.717) is 24.8 Å². The van der Waals surface area contributed by atoms with Crippen molar-refractivity contribution in [2.45, 2.75) is 12.8 Å². The summed E-state index contributed by atoms with van der Waals surface area (Å²) in [6, 6.07) is 3.77. The Morgan fingerprint density at radius 3 is 2.47 bits per heavy atom. The lowest BCUT2D eigenvalue weighted by Crippen LogP contribution is -2.23. The van der Waals surface area contributed by atoms with E-state index in [1.807, 2.05) is 12.1 Å². The van der Waals surface area contributed by atoms with Gasteiger partial charge in [-0.3, -0.25) is 0 Å². The highest BCUT2D eigenvalue weighted by molar-refractivity contribution is 5.72. The lowest BCUT2D eigenvalue weighted by Gasteiger charge is -2.24. The molecule has 0 saturated carbocycles. The van der Waals surface area contributed by atoms with E-state index in [9.17, 15) is 0 Å². The molecular formula is C14H20N2O3. The van der Waals surface area contributed by atoms with Crippen LogP contribution in [0.5, 0.6) is 11.5 Å². The monoisotopic (exact) mass is 264 g/mol. The van der Waals surface area contributed by atoms with Gasteiger partial charge in [0.25, 0.3) is 0 Å². The third-order valence-corrected chi connectivity index (χ3v) is 3.64. The van der Waals surface area contributed by atoms with E-state index < -0.39 is 0 Å². The molecule has 0 bridgehead atoms. The molecule has 0 aromatic heterocycles. The molecule has 104 valence electrons. The summed E-state index contributed by atoms with van der Waals surface area (Å²) in [4.78, 5) is 0. The minimum Gasteiger partial charge on any atom is -0.486 e. The van der Waals surface area contributed by atoms with Crippen molar-refractivity contribution in [3.05, 3.63) is 12.1 Å². The average Bonchev–Trinajstić information content (AvgIpc) is 2.46. The number of nitrogen functional groups attached to an aromatic ring is 1. The number of ether oxygens (including phenoxy) is 3. The van der Waals surface area contributed by atoms with Crippen LogP contribution < -0.4 is 20.5 Å². The first-order valence-electron chi connectivity index (χ1n) is 6.83. The number of hydrogen-bond acceptors (Lipinski definition) is 5. The standard InChI is InChI=1S/C14H20N2O3/c15-11-7-13-14(19-6-5-18-13)8-12(11)16-9-10-1-3-17-4-2-10/h7-8,10,16H,1-6,9,15H2. The minimum atomic E-state index is 0.585. The lowest BCUT2D eigenvalue weighted by atomic mass is 10.0. The fraction of sp³-hybridized carbons (Fsp3) is 0.571. The molecule has 0 atom stereocenters. The average molecular weight is 264 g/mol. The number of hydrogen-bond donors (Lipinski definition) is 2. The first-order valence-corrected chi connectivity index (χ1v) is 6.83. The van der Waals surface area contributed by atoms with Crippen molar-refractivity contribution in [3.63, 3.8) is 0 Å². The molecular weight excluding hydrogens is 244 g/mol. The molecule has 3 N–H and O–H groups in total. The van der Waals surface area contributed by atoms with Gasteiger partial charge in [0.2, 0.25) is 0 Å². The van der Waals surface area contributed by atoms with E-state index in [1.165, 1.54) is 0 Å². The van der Waals surface area contributed by atoms with Gasteiger partial charge in [-0.25, -0.2) is 0 Å². The van der Waals surface area contributed by atoms with E-state index in [4.69, 9.17) is 19.9 Å². The van der Waals surface area contributed by atoms with Gasteiger partial charge < -0.3 is 25.3 Å². The summed E-state index contributed by atoms with van der Waals surface area (Å²) in [6.07, 6.45) is 2.22. The Bertz CT molecular complexity index is 445. The summed E-state index contributed by atoms with van der Waals surface area (Å²) < 4.78 is 16.4. The van der Waals surface area contributed by atoms with E-state index in [2.05, 4.69) is 5.32 Å². The zero-order valence-corrected chi connectivity index (χ0v) is 11.0. The summed E-state index contributed by atoms with van der Waals surface area (Å²) in [5, 5.41) is 3.42. The topological polar surface area (TPSA) is 65.7 Å². The van der Waals surface area contributed by atoms with Gasteiger partial charge in [-0.15, -0.1) is 0 Å². The maximum atomic E-state index is 6.04. The second-order valence-electron chi connectivity index (χ2n) is 5.02. The predicted octanol–water partition coefficient (Wildman–Crippen LogP) is 1.88.